The second kappa shape index (κ2) is 5.05. The Hall–Kier alpha value is -1.62. The second-order valence-corrected chi connectivity index (χ2v) is 6.56. The van der Waals surface area contributed by atoms with Gasteiger partial charge in [-0.25, -0.2) is 4.79 Å². The van der Waals surface area contributed by atoms with Gasteiger partial charge in [-0.1, -0.05) is 45.0 Å². The number of benzene rings is 1. The maximum Gasteiger partial charge on any atom is 0.357 e. The lowest BCUT2D eigenvalue weighted by Crippen LogP contribution is -2.10. The van der Waals surface area contributed by atoms with Gasteiger partial charge in [0.1, 0.15) is 0 Å². The normalized spacial score (nSPS) is 11.7. The summed E-state index contributed by atoms with van der Waals surface area (Å²) in [7, 11) is 1.74. The van der Waals surface area contributed by atoms with Gasteiger partial charge < -0.3 is 5.11 Å². The highest BCUT2D eigenvalue weighted by Gasteiger charge is 2.21. The molecule has 0 radical (unpaired) electrons. The fraction of sp³-hybridized carbons (Fsp3) is 0.333. The largest absolute Gasteiger partial charge is 0.476 e. The van der Waals surface area contributed by atoms with Crippen LogP contribution in [0.25, 0.3) is 11.3 Å². The van der Waals surface area contributed by atoms with Gasteiger partial charge in [0.25, 0.3) is 0 Å². The highest BCUT2D eigenvalue weighted by molar-refractivity contribution is 9.10. The van der Waals surface area contributed by atoms with E-state index in [4.69, 9.17) is 5.11 Å². The van der Waals surface area contributed by atoms with Gasteiger partial charge in [-0.3, -0.25) is 4.68 Å². The van der Waals surface area contributed by atoms with E-state index < -0.39 is 5.97 Å². The lowest BCUT2D eigenvalue weighted by Gasteiger charge is -2.19. The van der Waals surface area contributed by atoms with Crippen molar-refractivity contribution < 1.29 is 9.90 Å². The monoisotopic (exact) mass is 336 g/mol. The number of carbonyl (C=O) groups is 1. The standard InChI is InChI=1S/C15H17BrN2O2/c1-15(2,3)10-7-5-9(6-8-10)13-11(16)12(14(19)20)17-18(13)4/h5-8H,1-4H3,(H,19,20). The third-order valence-electron chi connectivity index (χ3n) is 3.22. The minimum absolute atomic E-state index is 0.0300. The molecule has 106 valence electrons. The van der Waals surface area contributed by atoms with Crippen molar-refractivity contribution in [3.8, 4) is 11.3 Å². The topological polar surface area (TPSA) is 55.1 Å². The Balaban J connectivity index is 2.50. The van der Waals surface area contributed by atoms with E-state index in [9.17, 15) is 4.79 Å². The fourth-order valence-corrected chi connectivity index (χ4v) is 2.81. The molecule has 1 heterocycles. The SMILES string of the molecule is Cn1nc(C(=O)O)c(Br)c1-c1ccc(C(C)(C)C)cc1. The van der Waals surface area contributed by atoms with Crippen LogP contribution >= 0.6 is 15.9 Å². The number of hydrogen-bond acceptors (Lipinski definition) is 2. The summed E-state index contributed by atoms with van der Waals surface area (Å²) in [5.74, 6) is -1.04. The number of carboxylic acids is 1. The molecule has 0 spiro atoms. The average molecular weight is 337 g/mol. The van der Waals surface area contributed by atoms with Gasteiger partial charge in [-0.15, -0.1) is 0 Å². The summed E-state index contributed by atoms with van der Waals surface area (Å²) in [6.45, 7) is 6.47. The lowest BCUT2D eigenvalue weighted by atomic mass is 9.86. The molecule has 1 aromatic carbocycles. The molecular weight excluding hydrogens is 320 g/mol. The van der Waals surface area contributed by atoms with E-state index in [0.29, 0.717) is 4.47 Å². The van der Waals surface area contributed by atoms with E-state index in [2.05, 4.69) is 53.9 Å². The predicted octanol–water partition coefficient (Wildman–Crippen LogP) is 3.85. The van der Waals surface area contributed by atoms with Crippen molar-refractivity contribution in [3.05, 3.63) is 40.0 Å². The molecule has 4 nitrogen and oxygen atoms in total. The molecule has 1 aromatic heterocycles. The first-order valence-electron chi connectivity index (χ1n) is 6.28. The maximum atomic E-state index is 11.1. The van der Waals surface area contributed by atoms with Gasteiger partial charge in [0.05, 0.1) is 10.2 Å². The van der Waals surface area contributed by atoms with Crippen molar-refractivity contribution in [1.29, 1.82) is 0 Å². The highest BCUT2D eigenvalue weighted by atomic mass is 79.9. The molecule has 0 atom stereocenters. The van der Waals surface area contributed by atoms with Crippen LogP contribution in [0, 0.1) is 0 Å². The number of aromatic nitrogens is 2. The number of carboxylic acid groups (broad SMARTS) is 1. The minimum Gasteiger partial charge on any atom is -0.476 e. The van der Waals surface area contributed by atoms with Gasteiger partial charge in [0.2, 0.25) is 0 Å². The Bertz CT molecular complexity index is 652. The smallest absolute Gasteiger partial charge is 0.357 e. The van der Waals surface area contributed by atoms with Gasteiger partial charge in [0.15, 0.2) is 5.69 Å². The molecule has 0 unspecified atom stereocenters. The zero-order chi connectivity index (χ0) is 15.1. The molecule has 0 amide bonds. The van der Waals surface area contributed by atoms with Crippen molar-refractivity contribution >= 4 is 21.9 Å². The molecule has 0 aliphatic heterocycles. The van der Waals surface area contributed by atoms with Gasteiger partial charge in [-0.2, -0.15) is 5.10 Å². The zero-order valence-electron chi connectivity index (χ0n) is 11.9. The molecule has 5 heteroatoms. The summed E-state index contributed by atoms with van der Waals surface area (Å²) < 4.78 is 2.09. The fourth-order valence-electron chi connectivity index (χ4n) is 2.08. The molecule has 1 N–H and O–H groups in total. The van der Waals surface area contributed by atoms with E-state index in [-0.39, 0.29) is 11.1 Å². The molecule has 0 aliphatic rings. The van der Waals surface area contributed by atoms with Crippen LogP contribution in [-0.2, 0) is 12.5 Å². The maximum absolute atomic E-state index is 11.1. The molecule has 0 fully saturated rings. The number of aryl methyl sites for hydroxylation is 1. The Morgan fingerprint density at radius 1 is 1.25 bits per heavy atom. The van der Waals surface area contributed by atoms with Gasteiger partial charge in [0, 0.05) is 12.6 Å². The van der Waals surface area contributed by atoms with Crippen LogP contribution in [0.4, 0.5) is 0 Å². The zero-order valence-corrected chi connectivity index (χ0v) is 13.5. The minimum atomic E-state index is -1.04. The van der Waals surface area contributed by atoms with Crippen LogP contribution in [0.2, 0.25) is 0 Å². The van der Waals surface area contributed by atoms with E-state index in [0.717, 1.165) is 11.3 Å². The summed E-state index contributed by atoms with van der Waals surface area (Å²) in [6.07, 6.45) is 0. The second-order valence-electron chi connectivity index (χ2n) is 5.77. The lowest BCUT2D eigenvalue weighted by molar-refractivity contribution is 0.0688. The van der Waals surface area contributed by atoms with Gasteiger partial charge >= 0.3 is 5.97 Å². The van der Waals surface area contributed by atoms with E-state index in [1.165, 1.54) is 5.56 Å². The molecule has 0 saturated carbocycles. The average Bonchev–Trinajstić information content (AvgIpc) is 2.64. The van der Waals surface area contributed by atoms with Crippen molar-refractivity contribution in [2.45, 2.75) is 26.2 Å². The van der Waals surface area contributed by atoms with Crippen LogP contribution in [0.15, 0.2) is 28.7 Å². The van der Waals surface area contributed by atoms with E-state index >= 15 is 0 Å². The summed E-state index contributed by atoms with van der Waals surface area (Å²) in [5.41, 5.74) is 3.06. The van der Waals surface area contributed by atoms with Crippen molar-refractivity contribution in [2.75, 3.05) is 0 Å². The quantitative estimate of drug-likeness (QED) is 0.906. The number of rotatable bonds is 2. The molecule has 2 rings (SSSR count). The van der Waals surface area contributed by atoms with Crippen LogP contribution in [-0.4, -0.2) is 20.9 Å². The van der Waals surface area contributed by atoms with Crippen molar-refractivity contribution in [3.63, 3.8) is 0 Å². The van der Waals surface area contributed by atoms with Crippen LogP contribution < -0.4 is 0 Å². The Kier molecular flexibility index (Phi) is 3.73. The molecule has 2 aromatic rings. The Morgan fingerprint density at radius 2 is 1.80 bits per heavy atom. The third-order valence-corrected chi connectivity index (χ3v) is 3.97. The summed E-state index contributed by atoms with van der Waals surface area (Å²) in [5, 5.41) is 13.1. The van der Waals surface area contributed by atoms with Crippen LogP contribution in [0.5, 0.6) is 0 Å². The first-order valence-corrected chi connectivity index (χ1v) is 7.08. The third kappa shape index (κ3) is 2.63. The van der Waals surface area contributed by atoms with E-state index in [1.807, 2.05) is 12.1 Å². The van der Waals surface area contributed by atoms with E-state index in [1.54, 1.807) is 11.7 Å². The van der Waals surface area contributed by atoms with Crippen LogP contribution in [0.1, 0.15) is 36.8 Å². The highest BCUT2D eigenvalue weighted by Crippen LogP contribution is 2.32. The van der Waals surface area contributed by atoms with Crippen LogP contribution in [0.3, 0.4) is 0 Å². The molecule has 0 saturated heterocycles. The number of hydrogen-bond donors (Lipinski definition) is 1. The number of nitrogens with zero attached hydrogens (tertiary/aromatic N) is 2. The molecular formula is C15H17BrN2O2. The summed E-state index contributed by atoms with van der Waals surface area (Å²) in [6, 6.07) is 8.12. The number of halogens is 1. The molecule has 0 aliphatic carbocycles. The summed E-state index contributed by atoms with van der Waals surface area (Å²) in [4.78, 5) is 11.1. The molecule has 20 heavy (non-hydrogen) atoms. The Labute approximate surface area is 126 Å². The first-order chi connectivity index (χ1) is 9.21. The van der Waals surface area contributed by atoms with Crippen molar-refractivity contribution in [2.24, 2.45) is 7.05 Å². The Morgan fingerprint density at radius 3 is 2.20 bits per heavy atom. The molecule has 0 bridgehead atoms. The first kappa shape index (κ1) is 14.8. The van der Waals surface area contributed by atoms with Gasteiger partial charge in [-0.05, 0) is 26.9 Å². The number of aromatic carboxylic acids is 1. The van der Waals surface area contributed by atoms with Crippen molar-refractivity contribution in [1.82, 2.24) is 9.78 Å². The predicted molar refractivity (Wildman–Crippen MR) is 82.0 cm³/mol. The summed E-state index contributed by atoms with van der Waals surface area (Å²) >= 11 is 3.33.